The highest BCUT2D eigenvalue weighted by atomic mass is 16.5. The molecule has 2 aromatic rings. The van der Waals surface area contributed by atoms with Crippen molar-refractivity contribution in [3.05, 3.63) is 59.2 Å². The maximum atomic E-state index is 12.9. The van der Waals surface area contributed by atoms with E-state index in [4.69, 9.17) is 9.47 Å². The van der Waals surface area contributed by atoms with E-state index in [1.807, 2.05) is 24.3 Å². The average molecular weight is 383 g/mol. The molecule has 28 heavy (non-hydrogen) atoms. The first-order chi connectivity index (χ1) is 13.7. The molecular weight excluding hydrogens is 348 g/mol. The van der Waals surface area contributed by atoms with Crippen LogP contribution in [0.5, 0.6) is 11.5 Å². The van der Waals surface area contributed by atoms with Gasteiger partial charge in [-0.3, -0.25) is 4.79 Å². The Bertz CT molecular complexity index is 736. The number of rotatable bonds is 13. The second kappa shape index (κ2) is 12.2. The van der Waals surface area contributed by atoms with E-state index in [1.54, 1.807) is 0 Å². The van der Waals surface area contributed by atoms with Crippen molar-refractivity contribution < 1.29 is 14.3 Å². The zero-order valence-electron chi connectivity index (χ0n) is 17.6. The van der Waals surface area contributed by atoms with Gasteiger partial charge in [-0.15, -0.1) is 0 Å². The molecule has 0 aliphatic carbocycles. The molecule has 3 heteroatoms. The molecule has 0 saturated heterocycles. The van der Waals surface area contributed by atoms with Crippen molar-refractivity contribution in [3.8, 4) is 11.5 Å². The number of carbonyl (C=O) groups excluding carboxylic acids is 1. The van der Waals surface area contributed by atoms with Crippen LogP contribution >= 0.6 is 0 Å². The van der Waals surface area contributed by atoms with Crippen molar-refractivity contribution in [2.24, 2.45) is 0 Å². The number of aryl methyl sites for hydroxylation is 2. The largest absolute Gasteiger partial charge is 0.493 e. The van der Waals surface area contributed by atoms with Crippen LogP contribution in [0.3, 0.4) is 0 Å². The van der Waals surface area contributed by atoms with Crippen LogP contribution in [0, 0.1) is 0 Å². The maximum Gasteiger partial charge on any atom is 0.166 e. The molecule has 2 aromatic carbocycles. The zero-order valence-corrected chi connectivity index (χ0v) is 17.6. The van der Waals surface area contributed by atoms with Crippen LogP contribution in [-0.4, -0.2) is 19.0 Å². The van der Waals surface area contributed by atoms with Crippen LogP contribution in [0.15, 0.2) is 42.5 Å². The van der Waals surface area contributed by atoms with E-state index >= 15 is 0 Å². The molecule has 0 N–H and O–H groups in total. The minimum Gasteiger partial charge on any atom is -0.493 e. The number of hydrogen-bond acceptors (Lipinski definition) is 3. The lowest BCUT2D eigenvalue weighted by Crippen LogP contribution is -2.07. The Balaban J connectivity index is 2.07. The summed E-state index contributed by atoms with van der Waals surface area (Å²) in [5.74, 6) is 1.72. The second-order valence-corrected chi connectivity index (χ2v) is 7.12. The third-order valence-electron chi connectivity index (χ3n) is 4.85. The molecule has 152 valence electrons. The summed E-state index contributed by atoms with van der Waals surface area (Å²) in [5.41, 5.74) is 3.07. The van der Waals surface area contributed by atoms with Crippen molar-refractivity contribution in [2.75, 3.05) is 13.2 Å². The van der Waals surface area contributed by atoms with Gasteiger partial charge in [0, 0.05) is 6.42 Å². The van der Waals surface area contributed by atoms with Crippen LogP contribution in [0.2, 0.25) is 0 Å². The van der Waals surface area contributed by atoms with Crippen molar-refractivity contribution in [1.29, 1.82) is 0 Å². The van der Waals surface area contributed by atoms with Gasteiger partial charge in [0.1, 0.15) is 11.5 Å². The summed E-state index contributed by atoms with van der Waals surface area (Å²) in [4.78, 5) is 12.9. The number of Topliss-reactive ketones (excluding diaryl/α,β-unsaturated/α-hetero) is 1. The zero-order chi connectivity index (χ0) is 20.2. The molecule has 0 fully saturated rings. The van der Waals surface area contributed by atoms with Gasteiger partial charge in [-0.1, -0.05) is 57.9 Å². The topological polar surface area (TPSA) is 35.5 Å². The third-order valence-corrected chi connectivity index (χ3v) is 4.85. The summed E-state index contributed by atoms with van der Waals surface area (Å²) in [7, 11) is 0. The quantitative estimate of drug-likeness (QED) is 0.296. The molecule has 0 aliphatic heterocycles. The van der Waals surface area contributed by atoms with E-state index in [9.17, 15) is 4.79 Å². The van der Waals surface area contributed by atoms with Gasteiger partial charge in [0.2, 0.25) is 0 Å². The monoisotopic (exact) mass is 382 g/mol. The van der Waals surface area contributed by atoms with Gasteiger partial charge in [0.15, 0.2) is 5.78 Å². The number of ether oxygens (including phenoxy) is 2. The van der Waals surface area contributed by atoms with Gasteiger partial charge in [-0.2, -0.15) is 0 Å². The molecule has 0 heterocycles. The van der Waals surface area contributed by atoms with Crippen LogP contribution in [0.1, 0.15) is 74.4 Å². The van der Waals surface area contributed by atoms with Crippen LogP contribution < -0.4 is 9.47 Å². The molecule has 0 spiro atoms. The Morgan fingerprint density at radius 3 is 2.21 bits per heavy atom. The molecule has 3 nitrogen and oxygen atoms in total. The number of hydrogen-bond donors (Lipinski definition) is 0. The van der Waals surface area contributed by atoms with Crippen molar-refractivity contribution in [2.45, 2.75) is 65.7 Å². The fourth-order valence-electron chi connectivity index (χ4n) is 3.05. The maximum absolute atomic E-state index is 12.9. The molecule has 0 unspecified atom stereocenters. The van der Waals surface area contributed by atoms with E-state index < -0.39 is 0 Å². The molecule has 0 radical (unpaired) electrons. The predicted octanol–water partition coefficient (Wildman–Crippen LogP) is 6.42. The summed E-state index contributed by atoms with van der Waals surface area (Å²) in [6.45, 7) is 7.80. The Kier molecular flexibility index (Phi) is 9.61. The minimum atomic E-state index is 0.119. The fraction of sp³-hybridized carbons (Fsp3) is 0.480. The van der Waals surface area contributed by atoms with Crippen molar-refractivity contribution in [3.63, 3.8) is 0 Å². The van der Waals surface area contributed by atoms with Crippen LogP contribution in [0.25, 0.3) is 0 Å². The highest BCUT2D eigenvalue weighted by molar-refractivity contribution is 5.98. The summed E-state index contributed by atoms with van der Waals surface area (Å²) in [6.07, 6.45) is 6.31. The molecule has 0 amide bonds. The fourth-order valence-corrected chi connectivity index (χ4v) is 3.05. The van der Waals surface area contributed by atoms with Crippen molar-refractivity contribution in [1.82, 2.24) is 0 Å². The number of para-hydroxylation sites is 1. The lowest BCUT2D eigenvalue weighted by molar-refractivity contribution is 0.0978. The molecule has 0 atom stereocenters. The van der Waals surface area contributed by atoms with Gasteiger partial charge in [0.05, 0.1) is 18.8 Å². The first kappa shape index (κ1) is 22.0. The summed E-state index contributed by atoms with van der Waals surface area (Å²) < 4.78 is 11.8. The van der Waals surface area contributed by atoms with E-state index in [0.29, 0.717) is 30.8 Å². The van der Waals surface area contributed by atoms with E-state index in [0.717, 1.165) is 50.0 Å². The van der Waals surface area contributed by atoms with Crippen molar-refractivity contribution >= 4 is 5.78 Å². The van der Waals surface area contributed by atoms with Crippen LogP contribution in [0.4, 0.5) is 0 Å². The highest BCUT2D eigenvalue weighted by Gasteiger charge is 2.14. The van der Waals surface area contributed by atoms with Gasteiger partial charge in [-0.25, -0.2) is 0 Å². The summed E-state index contributed by atoms with van der Waals surface area (Å²) in [6, 6.07) is 13.9. The number of ketones is 1. The minimum absolute atomic E-state index is 0.119. The summed E-state index contributed by atoms with van der Waals surface area (Å²) >= 11 is 0. The molecule has 2 rings (SSSR count). The Hall–Kier alpha value is -2.29. The molecule has 0 aromatic heterocycles. The van der Waals surface area contributed by atoms with Gasteiger partial charge < -0.3 is 9.47 Å². The Morgan fingerprint density at radius 1 is 0.857 bits per heavy atom. The molecule has 0 saturated carbocycles. The molecule has 0 bridgehead atoms. The molecular formula is C25H34O3. The predicted molar refractivity (Wildman–Crippen MR) is 116 cm³/mol. The first-order valence-corrected chi connectivity index (χ1v) is 10.7. The lowest BCUT2D eigenvalue weighted by atomic mass is 9.99. The Labute approximate surface area is 170 Å². The highest BCUT2D eigenvalue weighted by Crippen LogP contribution is 2.25. The number of carbonyl (C=O) groups is 1. The van der Waals surface area contributed by atoms with Gasteiger partial charge in [0.25, 0.3) is 0 Å². The second-order valence-electron chi connectivity index (χ2n) is 7.12. The SMILES string of the molecule is CCCCOc1ccc(CC)cc1CCC(=O)c1ccccc1OCCCC. The number of unbranched alkanes of at least 4 members (excludes halogenated alkanes) is 2. The number of benzene rings is 2. The van der Waals surface area contributed by atoms with E-state index in [-0.39, 0.29) is 5.78 Å². The van der Waals surface area contributed by atoms with E-state index in [1.165, 1.54) is 5.56 Å². The standard InChI is InChI=1S/C25H34O3/c1-4-7-17-27-24-16-13-20(6-3)19-21(24)14-15-23(26)22-11-9-10-12-25(22)28-18-8-5-2/h9-13,16,19H,4-8,14-15,17-18H2,1-3H3. The average Bonchev–Trinajstić information content (AvgIpc) is 2.73. The Morgan fingerprint density at radius 2 is 1.54 bits per heavy atom. The normalized spacial score (nSPS) is 10.7. The van der Waals surface area contributed by atoms with Gasteiger partial charge in [-0.05, 0) is 55.0 Å². The van der Waals surface area contributed by atoms with Gasteiger partial charge >= 0.3 is 0 Å². The van der Waals surface area contributed by atoms with E-state index in [2.05, 4.69) is 39.0 Å². The van der Waals surface area contributed by atoms with Crippen LogP contribution in [-0.2, 0) is 12.8 Å². The third kappa shape index (κ3) is 6.70. The molecule has 0 aliphatic rings. The lowest BCUT2D eigenvalue weighted by Gasteiger charge is -2.14. The smallest absolute Gasteiger partial charge is 0.166 e. The first-order valence-electron chi connectivity index (χ1n) is 10.7. The summed E-state index contributed by atoms with van der Waals surface area (Å²) in [5, 5.41) is 0.